The first-order valence-electron chi connectivity index (χ1n) is 6.90. The first-order valence-corrected chi connectivity index (χ1v) is 6.90. The third kappa shape index (κ3) is 4.16. The molecule has 1 saturated heterocycles. The Labute approximate surface area is 122 Å². The van der Waals surface area contributed by atoms with Crippen LogP contribution >= 0.6 is 0 Å². The van der Waals surface area contributed by atoms with Crippen molar-refractivity contribution in [3.05, 3.63) is 34.4 Å². The van der Waals surface area contributed by atoms with Gasteiger partial charge in [0.2, 0.25) is 0 Å². The minimum Gasteiger partial charge on any atom is -0.390 e. The summed E-state index contributed by atoms with van der Waals surface area (Å²) in [7, 11) is 0. The van der Waals surface area contributed by atoms with Gasteiger partial charge in [-0.15, -0.1) is 0 Å². The third-order valence-electron chi connectivity index (χ3n) is 3.66. The smallest absolute Gasteiger partial charge is 0.321 e. The molecular weight excluding hydrogens is 274 g/mol. The molecule has 1 aliphatic rings. The number of likely N-dealkylation sites (tertiary alicyclic amines) is 1. The highest BCUT2D eigenvalue weighted by atomic mass is 16.6. The number of urea groups is 1. The molecule has 2 N–H and O–H groups in total. The molecule has 1 aromatic carbocycles. The van der Waals surface area contributed by atoms with E-state index in [1.54, 1.807) is 17.9 Å². The molecule has 1 unspecified atom stereocenters. The predicted molar refractivity (Wildman–Crippen MR) is 78.2 cm³/mol. The van der Waals surface area contributed by atoms with Crippen LogP contribution in [0.4, 0.5) is 16.2 Å². The summed E-state index contributed by atoms with van der Waals surface area (Å²) in [6.45, 7) is 2.81. The molecule has 0 spiro atoms. The number of nitrogens with zero attached hydrogens (tertiary/aromatic N) is 2. The van der Waals surface area contributed by atoms with E-state index in [0.717, 1.165) is 6.42 Å². The van der Waals surface area contributed by atoms with Gasteiger partial charge in [0.05, 0.1) is 10.5 Å². The van der Waals surface area contributed by atoms with Crippen LogP contribution in [0.1, 0.15) is 26.2 Å². The van der Waals surface area contributed by atoms with Crippen molar-refractivity contribution in [2.75, 3.05) is 18.4 Å². The van der Waals surface area contributed by atoms with Crippen LogP contribution in [0.25, 0.3) is 0 Å². The van der Waals surface area contributed by atoms with Crippen molar-refractivity contribution in [3.63, 3.8) is 0 Å². The topological polar surface area (TPSA) is 95.7 Å². The molecular formula is C14H19N3O4. The van der Waals surface area contributed by atoms with Gasteiger partial charge in [0.1, 0.15) is 0 Å². The lowest BCUT2D eigenvalue weighted by atomic mass is 9.98. The average Bonchev–Trinajstić information content (AvgIpc) is 2.60. The number of anilines is 1. The fourth-order valence-corrected chi connectivity index (χ4v) is 2.37. The molecule has 1 fully saturated rings. The van der Waals surface area contributed by atoms with Crippen LogP contribution in [0.5, 0.6) is 0 Å². The second-order valence-corrected chi connectivity index (χ2v) is 5.58. The van der Waals surface area contributed by atoms with Gasteiger partial charge in [0.25, 0.3) is 5.69 Å². The van der Waals surface area contributed by atoms with Gasteiger partial charge < -0.3 is 15.3 Å². The average molecular weight is 293 g/mol. The van der Waals surface area contributed by atoms with Gasteiger partial charge in [-0.25, -0.2) is 4.79 Å². The number of nitrogens with one attached hydrogen (secondary N) is 1. The van der Waals surface area contributed by atoms with E-state index in [0.29, 0.717) is 31.6 Å². The molecule has 0 radical (unpaired) electrons. The summed E-state index contributed by atoms with van der Waals surface area (Å²) in [6, 6.07) is 5.54. The van der Waals surface area contributed by atoms with E-state index in [2.05, 4.69) is 5.32 Å². The van der Waals surface area contributed by atoms with Crippen molar-refractivity contribution in [3.8, 4) is 0 Å². The van der Waals surface area contributed by atoms with E-state index in [-0.39, 0.29) is 11.7 Å². The Kier molecular flexibility index (Phi) is 4.42. The lowest BCUT2D eigenvalue weighted by Gasteiger charge is -2.22. The Morgan fingerprint density at radius 3 is 2.90 bits per heavy atom. The van der Waals surface area contributed by atoms with Crippen LogP contribution in [0, 0.1) is 10.1 Å². The summed E-state index contributed by atoms with van der Waals surface area (Å²) in [6.07, 6.45) is 1.91. The van der Waals surface area contributed by atoms with Gasteiger partial charge >= 0.3 is 6.03 Å². The van der Waals surface area contributed by atoms with Crippen LogP contribution < -0.4 is 5.32 Å². The molecule has 2 amide bonds. The van der Waals surface area contributed by atoms with E-state index in [9.17, 15) is 20.0 Å². The van der Waals surface area contributed by atoms with Crippen molar-refractivity contribution in [2.45, 2.75) is 31.8 Å². The van der Waals surface area contributed by atoms with Crippen LogP contribution in [0.15, 0.2) is 24.3 Å². The first-order chi connectivity index (χ1) is 9.87. The molecule has 1 aromatic rings. The Balaban J connectivity index is 2.01. The summed E-state index contributed by atoms with van der Waals surface area (Å²) in [4.78, 5) is 24.0. The largest absolute Gasteiger partial charge is 0.390 e. The number of hydrogen-bond donors (Lipinski definition) is 2. The summed E-state index contributed by atoms with van der Waals surface area (Å²) < 4.78 is 0. The number of non-ortho nitro benzene ring substituents is 1. The molecule has 1 heterocycles. The van der Waals surface area contributed by atoms with Gasteiger partial charge in [-0.05, 0) is 32.3 Å². The maximum atomic E-state index is 12.2. The molecule has 0 bridgehead atoms. The minimum atomic E-state index is -0.736. The zero-order chi connectivity index (χ0) is 15.5. The summed E-state index contributed by atoms with van der Waals surface area (Å²) in [5, 5.41) is 23.4. The summed E-state index contributed by atoms with van der Waals surface area (Å²) in [5.74, 6) is 0. The zero-order valence-corrected chi connectivity index (χ0v) is 11.9. The van der Waals surface area contributed by atoms with Crippen molar-refractivity contribution < 1.29 is 14.8 Å². The number of nitro benzene ring substituents is 1. The molecule has 21 heavy (non-hydrogen) atoms. The fourth-order valence-electron chi connectivity index (χ4n) is 2.37. The van der Waals surface area contributed by atoms with Gasteiger partial charge in [-0.3, -0.25) is 10.1 Å². The molecule has 0 aliphatic carbocycles. The molecule has 2 rings (SSSR count). The van der Waals surface area contributed by atoms with Gasteiger partial charge in [0.15, 0.2) is 0 Å². The minimum absolute atomic E-state index is 0.0633. The number of hydrogen-bond acceptors (Lipinski definition) is 4. The quantitative estimate of drug-likeness (QED) is 0.646. The highest BCUT2D eigenvalue weighted by molar-refractivity contribution is 5.89. The molecule has 114 valence electrons. The molecule has 1 atom stereocenters. The fraction of sp³-hybridized carbons (Fsp3) is 0.500. The van der Waals surface area contributed by atoms with E-state index in [1.165, 1.54) is 18.2 Å². The Hall–Kier alpha value is -2.15. The number of carbonyl (C=O) groups excluding carboxylic acids is 1. The second kappa shape index (κ2) is 6.09. The second-order valence-electron chi connectivity index (χ2n) is 5.58. The predicted octanol–water partition coefficient (Wildman–Crippen LogP) is 2.36. The number of rotatable bonds is 2. The summed E-state index contributed by atoms with van der Waals surface area (Å²) in [5.41, 5.74) is -0.405. The van der Waals surface area contributed by atoms with Gasteiger partial charge in [-0.1, -0.05) is 6.07 Å². The van der Waals surface area contributed by atoms with Crippen molar-refractivity contribution in [2.24, 2.45) is 0 Å². The van der Waals surface area contributed by atoms with Crippen LogP contribution in [0.3, 0.4) is 0 Å². The molecule has 0 aromatic heterocycles. The highest BCUT2D eigenvalue weighted by Crippen LogP contribution is 2.22. The van der Waals surface area contributed by atoms with E-state index in [4.69, 9.17) is 0 Å². The molecule has 0 saturated carbocycles. The normalized spacial score (nSPS) is 22.5. The zero-order valence-electron chi connectivity index (χ0n) is 11.9. The van der Waals surface area contributed by atoms with E-state index in [1.807, 2.05) is 0 Å². The van der Waals surface area contributed by atoms with Crippen molar-refractivity contribution >= 4 is 17.4 Å². The van der Waals surface area contributed by atoms with Gasteiger partial charge in [0, 0.05) is 30.9 Å². The molecule has 1 aliphatic heterocycles. The van der Waals surface area contributed by atoms with Crippen LogP contribution in [-0.4, -0.2) is 39.7 Å². The number of benzene rings is 1. The third-order valence-corrected chi connectivity index (χ3v) is 3.66. The number of amides is 2. The molecule has 7 heteroatoms. The van der Waals surface area contributed by atoms with Crippen molar-refractivity contribution in [1.82, 2.24) is 4.90 Å². The highest BCUT2D eigenvalue weighted by Gasteiger charge is 2.27. The van der Waals surface area contributed by atoms with E-state index < -0.39 is 10.5 Å². The standard InChI is InChI=1S/C14H19N3O4/c1-14(19)6-3-8-16(9-7-14)13(18)15-11-4-2-5-12(10-11)17(20)21/h2,4-5,10,19H,3,6-9H2,1H3,(H,15,18). The number of nitro groups is 1. The maximum Gasteiger partial charge on any atom is 0.321 e. The number of carbonyl (C=O) groups is 1. The number of aliphatic hydroxyl groups is 1. The first kappa shape index (κ1) is 15.2. The Bertz CT molecular complexity index is 545. The van der Waals surface area contributed by atoms with Crippen LogP contribution in [0.2, 0.25) is 0 Å². The van der Waals surface area contributed by atoms with Gasteiger partial charge in [-0.2, -0.15) is 0 Å². The monoisotopic (exact) mass is 293 g/mol. The molecule has 7 nitrogen and oxygen atoms in total. The van der Waals surface area contributed by atoms with Crippen molar-refractivity contribution in [1.29, 1.82) is 0 Å². The van der Waals surface area contributed by atoms with Crippen LogP contribution in [-0.2, 0) is 0 Å². The maximum absolute atomic E-state index is 12.2. The Morgan fingerprint density at radius 2 is 2.19 bits per heavy atom. The SMILES string of the molecule is CC1(O)CCCN(C(=O)Nc2cccc([N+](=O)[O-])c2)CC1. The van der Waals surface area contributed by atoms with E-state index >= 15 is 0 Å². The summed E-state index contributed by atoms with van der Waals surface area (Å²) >= 11 is 0. The lowest BCUT2D eigenvalue weighted by molar-refractivity contribution is -0.384. The lowest BCUT2D eigenvalue weighted by Crippen LogP contribution is -2.36. The Morgan fingerprint density at radius 1 is 1.43 bits per heavy atom.